The van der Waals surface area contributed by atoms with Crippen LogP contribution in [-0.4, -0.2) is 59.6 Å². The summed E-state index contributed by atoms with van der Waals surface area (Å²) >= 11 is 0. The summed E-state index contributed by atoms with van der Waals surface area (Å²) in [4.78, 5) is 14.3. The van der Waals surface area contributed by atoms with Crippen molar-refractivity contribution in [1.82, 2.24) is 20.0 Å². The Kier molecular flexibility index (Phi) is 5.79. The Morgan fingerprint density at radius 2 is 2.32 bits per heavy atom. The van der Waals surface area contributed by atoms with Crippen LogP contribution >= 0.6 is 0 Å². The molecule has 0 saturated carbocycles. The third kappa shape index (κ3) is 4.71. The van der Waals surface area contributed by atoms with Crippen molar-refractivity contribution in [3.63, 3.8) is 0 Å². The molecular weight excluding hydrogens is 282 g/mol. The molecule has 2 heterocycles. The molecule has 7 heteroatoms. The van der Waals surface area contributed by atoms with Crippen molar-refractivity contribution in [3.8, 4) is 0 Å². The Hall–Kier alpha value is -1.60. The predicted octanol–water partition coefficient (Wildman–Crippen LogP) is 1.39. The maximum Gasteiger partial charge on any atom is 0.319 e. The van der Waals surface area contributed by atoms with Gasteiger partial charge in [-0.3, -0.25) is 9.58 Å². The van der Waals surface area contributed by atoms with E-state index >= 15 is 0 Å². The molecule has 1 atom stereocenters. The molecule has 7 nitrogen and oxygen atoms in total. The van der Waals surface area contributed by atoms with E-state index in [-0.39, 0.29) is 18.1 Å². The van der Waals surface area contributed by atoms with Crippen LogP contribution in [0.1, 0.15) is 32.4 Å². The lowest BCUT2D eigenvalue weighted by molar-refractivity contribution is -0.0174. The fourth-order valence-electron chi connectivity index (χ4n) is 2.62. The summed E-state index contributed by atoms with van der Waals surface area (Å²) < 4.78 is 7.22. The second-order valence-electron chi connectivity index (χ2n) is 6.12. The zero-order chi connectivity index (χ0) is 16.1. The van der Waals surface area contributed by atoms with E-state index in [0.717, 1.165) is 37.6 Å². The molecule has 0 aromatic carbocycles. The molecule has 0 aliphatic carbocycles. The number of anilines is 1. The van der Waals surface area contributed by atoms with Gasteiger partial charge in [-0.1, -0.05) is 13.8 Å². The maximum absolute atomic E-state index is 12.0. The molecule has 124 valence electrons. The number of carbonyl (C=O) groups excluding carboxylic acids is 1. The van der Waals surface area contributed by atoms with Gasteiger partial charge in [-0.15, -0.1) is 0 Å². The third-order valence-corrected chi connectivity index (χ3v) is 3.69. The molecule has 0 bridgehead atoms. The van der Waals surface area contributed by atoms with Gasteiger partial charge < -0.3 is 15.4 Å². The highest BCUT2D eigenvalue weighted by Crippen LogP contribution is 2.21. The third-order valence-electron chi connectivity index (χ3n) is 3.69. The Bertz CT molecular complexity index is 500. The van der Waals surface area contributed by atoms with Gasteiger partial charge in [0.15, 0.2) is 0 Å². The van der Waals surface area contributed by atoms with Gasteiger partial charge in [0.05, 0.1) is 24.1 Å². The van der Waals surface area contributed by atoms with Crippen LogP contribution in [0.15, 0.2) is 6.20 Å². The van der Waals surface area contributed by atoms with Crippen molar-refractivity contribution < 1.29 is 9.53 Å². The normalized spacial score (nSPS) is 19.4. The van der Waals surface area contributed by atoms with E-state index < -0.39 is 0 Å². The highest BCUT2D eigenvalue weighted by atomic mass is 16.5. The Morgan fingerprint density at radius 3 is 3.00 bits per heavy atom. The number of nitrogens with one attached hydrogen (secondary N) is 2. The maximum atomic E-state index is 12.0. The molecule has 1 aromatic rings. The number of amides is 2. The molecule has 2 rings (SSSR count). The van der Waals surface area contributed by atoms with Crippen LogP contribution in [0.4, 0.5) is 10.5 Å². The van der Waals surface area contributed by atoms with Crippen LogP contribution in [0, 0.1) is 0 Å². The molecule has 1 saturated heterocycles. The van der Waals surface area contributed by atoms with E-state index in [0.29, 0.717) is 6.54 Å². The number of aryl methyl sites for hydroxylation is 1. The number of nitrogens with zero attached hydrogens (tertiary/aromatic N) is 3. The van der Waals surface area contributed by atoms with Gasteiger partial charge in [0.2, 0.25) is 0 Å². The number of ether oxygens (including phenoxy) is 1. The first-order valence-electron chi connectivity index (χ1n) is 7.88. The second kappa shape index (κ2) is 7.60. The van der Waals surface area contributed by atoms with Gasteiger partial charge in [0, 0.05) is 39.4 Å². The minimum atomic E-state index is -0.184. The zero-order valence-corrected chi connectivity index (χ0v) is 13.9. The summed E-state index contributed by atoms with van der Waals surface area (Å²) in [6, 6.07) is -0.184. The van der Waals surface area contributed by atoms with Crippen LogP contribution in [-0.2, 0) is 11.8 Å². The molecule has 1 aromatic heterocycles. The largest absolute Gasteiger partial charge is 0.376 e. The average Bonchev–Trinajstić information content (AvgIpc) is 2.80. The Balaban J connectivity index is 1.76. The molecule has 1 fully saturated rings. The number of hydrogen-bond acceptors (Lipinski definition) is 4. The van der Waals surface area contributed by atoms with Crippen LogP contribution in [0.5, 0.6) is 0 Å². The lowest BCUT2D eigenvalue weighted by Gasteiger charge is -2.30. The average molecular weight is 309 g/mol. The summed E-state index contributed by atoms with van der Waals surface area (Å²) in [7, 11) is 1.86. The molecule has 1 unspecified atom stereocenters. The van der Waals surface area contributed by atoms with E-state index in [1.165, 1.54) is 0 Å². The molecule has 1 aliphatic rings. The van der Waals surface area contributed by atoms with Gasteiger partial charge in [-0.2, -0.15) is 5.10 Å². The SMILES string of the molecule is CC1CN(CCNC(=O)Nc2cn(C)nc2C(C)C)CCO1. The van der Waals surface area contributed by atoms with Crippen LogP contribution in [0.2, 0.25) is 0 Å². The standard InChI is InChI=1S/C15H27N5O2/c1-11(2)14-13(10-19(4)18-14)17-15(21)16-5-6-20-7-8-22-12(3)9-20/h10-12H,5-9H2,1-4H3,(H2,16,17,21). The van der Waals surface area contributed by atoms with E-state index in [2.05, 4.69) is 41.4 Å². The molecule has 2 N–H and O–H groups in total. The number of aromatic nitrogens is 2. The predicted molar refractivity (Wildman–Crippen MR) is 86.2 cm³/mol. The molecule has 22 heavy (non-hydrogen) atoms. The number of carbonyl (C=O) groups is 1. The van der Waals surface area contributed by atoms with Crippen molar-refractivity contribution >= 4 is 11.7 Å². The van der Waals surface area contributed by atoms with Crippen LogP contribution in [0.25, 0.3) is 0 Å². The first-order chi connectivity index (χ1) is 10.5. The molecule has 2 amide bonds. The monoisotopic (exact) mass is 309 g/mol. The van der Waals surface area contributed by atoms with E-state index in [9.17, 15) is 4.79 Å². The van der Waals surface area contributed by atoms with Crippen LogP contribution in [0.3, 0.4) is 0 Å². The van der Waals surface area contributed by atoms with Gasteiger partial charge in [0.25, 0.3) is 0 Å². The van der Waals surface area contributed by atoms with Gasteiger partial charge in [-0.25, -0.2) is 4.79 Å². The highest BCUT2D eigenvalue weighted by molar-refractivity contribution is 5.89. The van der Waals surface area contributed by atoms with Crippen molar-refractivity contribution in [2.24, 2.45) is 7.05 Å². The fraction of sp³-hybridized carbons (Fsp3) is 0.733. The number of rotatable bonds is 5. The topological polar surface area (TPSA) is 71.4 Å². The van der Waals surface area contributed by atoms with Crippen molar-refractivity contribution in [3.05, 3.63) is 11.9 Å². The number of urea groups is 1. The van der Waals surface area contributed by atoms with E-state index in [1.54, 1.807) is 4.68 Å². The Labute approximate surface area is 132 Å². The highest BCUT2D eigenvalue weighted by Gasteiger charge is 2.17. The van der Waals surface area contributed by atoms with Crippen molar-refractivity contribution in [2.75, 3.05) is 38.1 Å². The van der Waals surface area contributed by atoms with Crippen molar-refractivity contribution in [1.29, 1.82) is 0 Å². The van der Waals surface area contributed by atoms with Crippen LogP contribution < -0.4 is 10.6 Å². The first-order valence-corrected chi connectivity index (χ1v) is 7.88. The molecule has 0 spiro atoms. The molecular formula is C15H27N5O2. The van der Waals surface area contributed by atoms with Crippen molar-refractivity contribution in [2.45, 2.75) is 32.8 Å². The number of hydrogen-bond donors (Lipinski definition) is 2. The molecule has 1 aliphatic heterocycles. The molecule has 0 radical (unpaired) electrons. The lowest BCUT2D eigenvalue weighted by Crippen LogP contribution is -2.45. The quantitative estimate of drug-likeness (QED) is 0.862. The minimum absolute atomic E-state index is 0.184. The number of morpholine rings is 1. The minimum Gasteiger partial charge on any atom is -0.376 e. The van der Waals surface area contributed by atoms with Gasteiger partial charge in [-0.05, 0) is 12.8 Å². The van der Waals surface area contributed by atoms with E-state index in [4.69, 9.17) is 4.74 Å². The summed E-state index contributed by atoms with van der Waals surface area (Å²) in [6.45, 7) is 10.3. The summed E-state index contributed by atoms with van der Waals surface area (Å²) in [5, 5.41) is 10.2. The zero-order valence-electron chi connectivity index (χ0n) is 13.9. The van der Waals surface area contributed by atoms with E-state index in [1.807, 2.05) is 13.2 Å². The Morgan fingerprint density at radius 1 is 1.55 bits per heavy atom. The van der Waals surface area contributed by atoms with Gasteiger partial charge >= 0.3 is 6.03 Å². The first kappa shape index (κ1) is 16.8. The lowest BCUT2D eigenvalue weighted by atomic mass is 10.1. The van der Waals surface area contributed by atoms with Gasteiger partial charge in [0.1, 0.15) is 0 Å². The summed E-state index contributed by atoms with van der Waals surface area (Å²) in [5.41, 5.74) is 1.68. The summed E-state index contributed by atoms with van der Waals surface area (Å²) in [5.74, 6) is 0.270. The summed E-state index contributed by atoms with van der Waals surface area (Å²) in [6.07, 6.45) is 2.10. The second-order valence-corrected chi connectivity index (χ2v) is 6.12. The smallest absolute Gasteiger partial charge is 0.319 e. The fourth-order valence-corrected chi connectivity index (χ4v) is 2.62.